The first kappa shape index (κ1) is 20.3. The standard InChI is InChI=1S/C21H22BrN5O3/c1-2-27-16-7-6-14(22)13-15(16)18(20(27)29)24-19(28)21(30)26-11-9-25(10-12-26)17-5-3-4-8-23-17/h3-8,13,18H,2,9-12H2,1H3,(H,24,28)/t18-/m0/s1. The average molecular weight is 472 g/mol. The molecule has 8 nitrogen and oxygen atoms in total. The highest BCUT2D eigenvalue weighted by molar-refractivity contribution is 9.10. The van der Waals surface area contributed by atoms with Gasteiger partial charge >= 0.3 is 11.8 Å². The van der Waals surface area contributed by atoms with Gasteiger partial charge in [0.2, 0.25) is 0 Å². The summed E-state index contributed by atoms with van der Waals surface area (Å²) in [5.74, 6) is -0.752. The number of hydrogen-bond acceptors (Lipinski definition) is 5. The zero-order chi connectivity index (χ0) is 21.3. The van der Waals surface area contributed by atoms with Gasteiger partial charge in [-0.05, 0) is 37.3 Å². The predicted octanol–water partition coefficient (Wildman–Crippen LogP) is 1.72. The number of amides is 3. The molecule has 1 saturated heterocycles. The summed E-state index contributed by atoms with van der Waals surface area (Å²) >= 11 is 3.41. The highest BCUT2D eigenvalue weighted by atomic mass is 79.9. The van der Waals surface area contributed by atoms with Crippen molar-refractivity contribution in [3.05, 3.63) is 52.6 Å². The van der Waals surface area contributed by atoms with Crippen LogP contribution in [0.1, 0.15) is 18.5 Å². The zero-order valence-electron chi connectivity index (χ0n) is 16.5. The van der Waals surface area contributed by atoms with Crippen LogP contribution in [0.3, 0.4) is 0 Å². The Bertz CT molecular complexity index is 976. The molecule has 156 valence electrons. The maximum atomic E-state index is 12.8. The summed E-state index contributed by atoms with van der Waals surface area (Å²) in [6.07, 6.45) is 1.73. The van der Waals surface area contributed by atoms with Crippen molar-refractivity contribution in [3.8, 4) is 0 Å². The Kier molecular flexibility index (Phi) is 5.72. The topological polar surface area (TPSA) is 85.8 Å². The summed E-state index contributed by atoms with van der Waals surface area (Å²) in [5.41, 5.74) is 1.45. The van der Waals surface area contributed by atoms with Crippen LogP contribution in [0.2, 0.25) is 0 Å². The Morgan fingerprint density at radius 1 is 1.17 bits per heavy atom. The Morgan fingerprint density at radius 3 is 2.60 bits per heavy atom. The smallest absolute Gasteiger partial charge is 0.312 e. The van der Waals surface area contributed by atoms with Crippen LogP contribution >= 0.6 is 15.9 Å². The molecular weight excluding hydrogens is 450 g/mol. The summed E-state index contributed by atoms with van der Waals surface area (Å²) in [7, 11) is 0. The molecule has 9 heteroatoms. The molecule has 0 radical (unpaired) electrons. The van der Waals surface area contributed by atoms with Crippen LogP contribution in [0.4, 0.5) is 11.5 Å². The van der Waals surface area contributed by atoms with Crippen LogP contribution < -0.4 is 15.1 Å². The van der Waals surface area contributed by atoms with Gasteiger partial charge in [-0.15, -0.1) is 0 Å². The SMILES string of the molecule is CCN1C(=O)[C@@H](NC(=O)C(=O)N2CCN(c3ccccn3)CC2)c2cc(Br)ccc21. The van der Waals surface area contributed by atoms with Gasteiger partial charge in [0.05, 0.1) is 0 Å². The predicted molar refractivity (Wildman–Crippen MR) is 116 cm³/mol. The van der Waals surface area contributed by atoms with Gasteiger partial charge in [0, 0.05) is 54.6 Å². The van der Waals surface area contributed by atoms with E-state index in [9.17, 15) is 14.4 Å². The van der Waals surface area contributed by atoms with Crippen LogP contribution in [0, 0.1) is 0 Å². The van der Waals surface area contributed by atoms with Crippen LogP contribution in [0.5, 0.6) is 0 Å². The number of halogens is 1. The molecule has 2 aromatic rings. The van der Waals surface area contributed by atoms with Crippen molar-refractivity contribution in [2.24, 2.45) is 0 Å². The molecule has 1 aromatic carbocycles. The third-order valence-electron chi connectivity index (χ3n) is 5.43. The minimum absolute atomic E-state index is 0.230. The van der Waals surface area contributed by atoms with Crippen molar-refractivity contribution in [1.29, 1.82) is 0 Å². The second-order valence-corrected chi connectivity index (χ2v) is 8.07. The second-order valence-electron chi connectivity index (χ2n) is 7.16. The lowest BCUT2D eigenvalue weighted by Crippen LogP contribution is -2.53. The lowest BCUT2D eigenvalue weighted by atomic mass is 10.1. The first-order valence-electron chi connectivity index (χ1n) is 9.86. The number of pyridine rings is 1. The zero-order valence-corrected chi connectivity index (χ0v) is 18.1. The molecule has 0 bridgehead atoms. The second kappa shape index (κ2) is 8.43. The van der Waals surface area contributed by atoms with Gasteiger partial charge in [-0.2, -0.15) is 0 Å². The van der Waals surface area contributed by atoms with E-state index >= 15 is 0 Å². The maximum Gasteiger partial charge on any atom is 0.312 e. The minimum Gasteiger partial charge on any atom is -0.353 e. The van der Waals surface area contributed by atoms with E-state index in [1.54, 1.807) is 11.1 Å². The number of likely N-dealkylation sites (N-methyl/N-ethyl adjacent to an activating group) is 1. The van der Waals surface area contributed by atoms with Crippen LogP contribution in [-0.4, -0.2) is 60.3 Å². The summed E-state index contributed by atoms with van der Waals surface area (Å²) in [5, 5.41) is 2.65. The lowest BCUT2D eigenvalue weighted by molar-refractivity contribution is -0.146. The van der Waals surface area contributed by atoms with E-state index in [0.29, 0.717) is 38.3 Å². The molecule has 2 aliphatic rings. The first-order valence-corrected chi connectivity index (χ1v) is 10.7. The van der Waals surface area contributed by atoms with E-state index in [1.165, 1.54) is 4.90 Å². The minimum atomic E-state index is -0.858. The van der Waals surface area contributed by atoms with E-state index in [-0.39, 0.29) is 5.91 Å². The van der Waals surface area contributed by atoms with Crippen molar-refractivity contribution in [2.75, 3.05) is 42.5 Å². The van der Waals surface area contributed by atoms with Gasteiger partial charge < -0.3 is 20.0 Å². The van der Waals surface area contributed by atoms with E-state index in [4.69, 9.17) is 0 Å². The molecular formula is C21H22BrN5O3. The fourth-order valence-electron chi connectivity index (χ4n) is 3.89. The summed E-state index contributed by atoms with van der Waals surface area (Å²) in [4.78, 5) is 47.7. The molecule has 1 N–H and O–H groups in total. The number of rotatable bonds is 3. The summed E-state index contributed by atoms with van der Waals surface area (Å²) < 4.78 is 0.809. The van der Waals surface area contributed by atoms with Gasteiger partial charge in [0.25, 0.3) is 5.91 Å². The van der Waals surface area contributed by atoms with Crippen molar-refractivity contribution in [3.63, 3.8) is 0 Å². The molecule has 1 fully saturated rings. The van der Waals surface area contributed by atoms with Gasteiger partial charge in [0.1, 0.15) is 11.9 Å². The number of nitrogens with one attached hydrogen (secondary N) is 1. The number of hydrogen-bond donors (Lipinski definition) is 1. The number of benzene rings is 1. The Morgan fingerprint density at radius 2 is 1.93 bits per heavy atom. The molecule has 0 unspecified atom stereocenters. The van der Waals surface area contributed by atoms with E-state index in [1.807, 2.05) is 43.3 Å². The lowest BCUT2D eigenvalue weighted by Gasteiger charge is -2.35. The van der Waals surface area contributed by atoms with Crippen LogP contribution in [0.15, 0.2) is 47.1 Å². The molecule has 2 aliphatic heterocycles. The fraction of sp³-hybridized carbons (Fsp3) is 0.333. The molecule has 0 spiro atoms. The number of carbonyl (C=O) groups is 3. The molecule has 0 aliphatic carbocycles. The monoisotopic (exact) mass is 471 g/mol. The van der Waals surface area contributed by atoms with Gasteiger partial charge in [-0.25, -0.2) is 4.98 Å². The van der Waals surface area contributed by atoms with Crippen molar-refractivity contribution < 1.29 is 14.4 Å². The molecule has 30 heavy (non-hydrogen) atoms. The van der Waals surface area contributed by atoms with Crippen molar-refractivity contribution in [1.82, 2.24) is 15.2 Å². The van der Waals surface area contributed by atoms with E-state index in [0.717, 1.165) is 16.0 Å². The number of fused-ring (bicyclic) bond motifs is 1. The number of anilines is 2. The average Bonchev–Trinajstić information content (AvgIpc) is 3.04. The Hall–Kier alpha value is -2.94. The molecule has 4 rings (SSSR count). The summed E-state index contributed by atoms with van der Waals surface area (Å²) in [6, 6.07) is 10.3. The van der Waals surface area contributed by atoms with E-state index in [2.05, 4.69) is 31.1 Å². The largest absolute Gasteiger partial charge is 0.353 e. The maximum absolute atomic E-state index is 12.8. The van der Waals surface area contributed by atoms with Crippen molar-refractivity contribution in [2.45, 2.75) is 13.0 Å². The van der Waals surface area contributed by atoms with E-state index < -0.39 is 17.9 Å². The van der Waals surface area contributed by atoms with Gasteiger partial charge in [0.15, 0.2) is 0 Å². The molecule has 0 saturated carbocycles. The fourth-order valence-corrected chi connectivity index (χ4v) is 4.27. The Balaban J connectivity index is 1.42. The molecule has 1 aromatic heterocycles. The number of aromatic nitrogens is 1. The van der Waals surface area contributed by atoms with Crippen LogP contribution in [0.25, 0.3) is 0 Å². The molecule has 1 atom stereocenters. The number of piperazine rings is 1. The van der Waals surface area contributed by atoms with Crippen LogP contribution in [-0.2, 0) is 14.4 Å². The third kappa shape index (κ3) is 3.77. The highest BCUT2D eigenvalue weighted by Gasteiger charge is 2.39. The number of carbonyl (C=O) groups excluding carboxylic acids is 3. The quantitative estimate of drug-likeness (QED) is 0.688. The first-order chi connectivity index (χ1) is 14.5. The van der Waals surface area contributed by atoms with Gasteiger partial charge in [-0.3, -0.25) is 14.4 Å². The van der Waals surface area contributed by atoms with Crippen molar-refractivity contribution >= 4 is 45.2 Å². The summed E-state index contributed by atoms with van der Waals surface area (Å²) in [6.45, 7) is 4.40. The molecule has 3 heterocycles. The number of nitrogens with zero attached hydrogens (tertiary/aromatic N) is 4. The van der Waals surface area contributed by atoms with Gasteiger partial charge in [-0.1, -0.05) is 22.0 Å². The molecule has 3 amide bonds. The Labute approximate surface area is 183 Å². The normalized spacial score (nSPS) is 18.4. The third-order valence-corrected chi connectivity index (χ3v) is 5.92. The highest BCUT2D eigenvalue weighted by Crippen LogP contribution is 2.37.